The minimum absolute atomic E-state index is 0.113. The van der Waals surface area contributed by atoms with Gasteiger partial charge < -0.3 is 15.5 Å². The average Bonchev–Trinajstić information content (AvgIpc) is 2.27. The lowest BCUT2D eigenvalue weighted by Gasteiger charge is -2.05. The Labute approximate surface area is 99.1 Å². The van der Waals surface area contributed by atoms with Crippen molar-refractivity contribution in [2.24, 2.45) is 0 Å². The largest absolute Gasteiger partial charge is 0.481 e. The van der Waals surface area contributed by atoms with Gasteiger partial charge in [-0.05, 0) is 30.5 Å². The molecule has 1 aromatic rings. The maximum absolute atomic E-state index is 10.3. The van der Waals surface area contributed by atoms with Crippen molar-refractivity contribution >= 4 is 17.6 Å². The molecule has 1 aromatic carbocycles. The number of hydrogen-bond donors (Lipinski definition) is 3. The van der Waals surface area contributed by atoms with Crippen LogP contribution in [0.15, 0.2) is 24.3 Å². The van der Waals surface area contributed by atoms with Crippen molar-refractivity contribution < 1.29 is 19.8 Å². The third-order valence-electron chi connectivity index (χ3n) is 2.25. The quantitative estimate of drug-likeness (QED) is 0.670. The lowest BCUT2D eigenvalue weighted by Crippen LogP contribution is -2.12. The van der Waals surface area contributed by atoms with E-state index in [9.17, 15) is 9.59 Å². The number of benzene rings is 1. The summed E-state index contributed by atoms with van der Waals surface area (Å²) >= 11 is 0. The summed E-state index contributed by atoms with van der Waals surface area (Å²) in [4.78, 5) is 20.7. The summed E-state index contributed by atoms with van der Waals surface area (Å²) < 4.78 is 0. The summed E-state index contributed by atoms with van der Waals surface area (Å²) in [5.41, 5.74) is 1.79. The molecule has 0 radical (unpaired) electrons. The normalized spacial score (nSPS) is 9.88. The average molecular weight is 237 g/mol. The molecule has 0 bridgehead atoms. The maximum Gasteiger partial charge on any atom is 0.322 e. The van der Waals surface area contributed by atoms with Gasteiger partial charge in [-0.3, -0.25) is 9.59 Å². The van der Waals surface area contributed by atoms with Gasteiger partial charge in [0, 0.05) is 12.1 Å². The highest BCUT2D eigenvalue weighted by atomic mass is 16.4. The number of aryl methyl sites for hydroxylation is 1. The number of nitrogens with one attached hydrogen (secondary N) is 1. The van der Waals surface area contributed by atoms with Crippen molar-refractivity contribution in [3.63, 3.8) is 0 Å². The van der Waals surface area contributed by atoms with Crippen LogP contribution in [0.4, 0.5) is 5.69 Å². The molecule has 0 aliphatic carbocycles. The number of hydrogen-bond acceptors (Lipinski definition) is 3. The van der Waals surface area contributed by atoms with Crippen molar-refractivity contribution in [3.05, 3.63) is 29.8 Å². The number of rotatable bonds is 7. The van der Waals surface area contributed by atoms with Crippen molar-refractivity contribution in [3.8, 4) is 0 Å². The maximum atomic E-state index is 10.3. The van der Waals surface area contributed by atoms with Gasteiger partial charge >= 0.3 is 11.9 Å². The van der Waals surface area contributed by atoms with Crippen LogP contribution in [0, 0.1) is 0 Å². The smallest absolute Gasteiger partial charge is 0.322 e. The molecule has 0 unspecified atom stereocenters. The third kappa shape index (κ3) is 5.55. The Balaban J connectivity index is 2.39. The Morgan fingerprint density at radius 1 is 1.06 bits per heavy atom. The molecule has 0 fully saturated rings. The molecular weight excluding hydrogens is 222 g/mol. The molecule has 0 atom stereocenters. The van der Waals surface area contributed by atoms with Gasteiger partial charge in [0.15, 0.2) is 0 Å². The fourth-order valence-corrected chi connectivity index (χ4v) is 1.41. The van der Waals surface area contributed by atoms with E-state index in [4.69, 9.17) is 10.2 Å². The summed E-state index contributed by atoms with van der Waals surface area (Å²) in [7, 11) is 0. The first kappa shape index (κ1) is 13.0. The van der Waals surface area contributed by atoms with Crippen LogP contribution in [-0.4, -0.2) is 28.7 Å². The van der Waals surface area contributed by atoms with Gasteiger partial charge in [0.05, 0.1) is 0 Å². The molecule has 0 saturated carbocycles. The highest BCUT2D eigenvalue weighted by Gasteiger charge is 2.00. The van der Waals surface area contributed by atoms with E-state index in [1.54, 1.807) is 12.1 Å². The molecule has 3 N–H and O–H groups in total. The second-order valence-corrected chi connectivity index (χ2v) is 3.69. The number of carboxylic acid groups (broad SMARTS) is 2. The topological polar surface area (TPSA) is 86.6 Å². The van der Waals surface area contributed by atoms with Gasteiger partial charge in [-0.2, -0.15) is 0 Å². The van der Waals surface area contributed by atoms with Gasteiger partial charge in [0.1, 0.15) is 6.54 Å². The van der Waals surface area contributed by atoms with E-state index in [0.29, 0.717) is 12.8 Å². The fraction of sp³-hybridized carbons (Fsp3) is 0.333. The van der Waals surface area contributed by atoms with Crippen LogP contribution in [-0.2, 0) is 16.0 Å². The van der Waals surface area contributed by atoms with Gasteiger partial charge in [-0.1, -0.05) is 12.1 Å². The van der Waals surface area contributed by atoms with Crippen LogP contribution >= 0.6 is 0 Å². The first-order valence-electron chi connectivity index (χ1n) is 5.34. The molecule has 0 saturated heterocycles. The predicted octanol–water partition coefficient (Wildman–Crippen LogP) is 1.59. The summed E-state index contributed by atoms with van der Waals surface area (Å²) in [6, 6.07) is 7.32. The molecular formula is C12H15NO4. The second kappa shape index (κ2) is 6.52. The van der Waals surface area contributed by atoms with Gasteiger partial charge in [-0.25, -0.2) is 0 Å². The molecule has 0 aliphatic heterocycles. The van der Waals surface area contributed by atoms with Crippen molar-refractivity contribution in [2.75, 3.05) is 11.9 Å². The monoisotopic (exact) mass is 237 g/mol. The zero-order valence-electron chi connectivity index (χ0n) is 9.35. The van der Waals surface area contributed by atoms with E-state index in [-0.39, 0.29) is 13.0 Å². The highest BCUT2D eigenvalue weighted by Crippen LogP contribution is 2.11. The van der Waals surface area contributed by atoms with Crippen LogP contribution in [0.5, 0.6) is 0 Å². The van der Waals surface area contributed by atoms with Crippen LogP contribution < -0.4 is 5.32 Å². The highest BCUT2D eigenvalue weighted by molar-refractivity contribution is 5.72. The Kier molecular flexibility index (Phi) is 5.00. The number of carboxylic acids is 2. The van der Waals surface area contributed by atoms with E-state index in [0.717, 1.165) is 11.3 Å². The molecule has 1 rings (SSSR count). The minimum atomic E-state index is -0.907. The molecule has 92 valence electrons. The first-order valence-corrected chi connectivity index (χ1v) is 5.34. The summed E-state index contributed by atoms with van der Waals surface area (Å²) in [5.74, 6) is -1.69. The molecule has 0 aromatic heterocycles. The predicted molar refractivity (Wildman–Crippen MR) is 63.1 cm³/mol. The lowest BCUT2D eigenvalue weighted by atomic mass is 10.1. The summed E-state index contributed by atoms with van der Waals surface area (Å²) in [5, 5.41) is 19.7. The fourth-order valence-electron chi connectivity index (χ4n) is 1.41. The number of aliphatic carboxylic acids is 2. The van der Waals surface area contributed by atoms with E-state index in [2.05, 4.69) is 5.32 Å². The van der Waals surface area contributed by atoms with Gasteiger partial charge in [0.2, 0.25) is 0 Å². The van der Waals surface area contributed by atoms with Crippen LogP contribution in [0.25, 0.3) is 0 Å². The molecule has 17 heavy (non-hydrogen) atoms. The minimum Gasteiger partial charge on any atom is -0.481 e. The summed E-state index contributed by atoms with van der Waals surface area (Å²) in [6.45, 7) is -0.113. The second-order valence-electron chi connectivity index (χ2n) is 3.69. The molecule has 0 aliphatic rings. The summed E-state index contributed by atoms with van der Waals surface area (Å²) in [6.07, 6.45) is 1.49. The number of carbonyl (C=O) groups is 2. The van der Waals surface area contributed by atoms with Gasteiger partial charge in [-0.15, -0.1) is 0 Å². The Hall–Kier alpha value is -2.04. The van der Waals surface area contributed by atoms with Crippen molar-refractivity contribution in [2.45, 2.75) is 19.3 Å². The van der Waals surface area contributed by atoms with Crippen LogP contribution in [0.2, 0.25) is 0 Å². The Morgan fingerprint density at radius 3 is 2.24 bits per heavy atom. The van der Waals surface area contributed by atoms with Crippen molar-refractivity contribution in [1.82, 2.24) is 0 Å². The van der Waals surface area contributed by atoms with Crippen LogP contribution in [0.1, 0.15) is 18.4 Å². The lowest BCUT2D eigenvalue weighted by molar-refractivity contribution is -0.137. The van der Waals surface area contributed by atoms with Crippen molar-refractivity contribution in [1.29, 1.82) is 0 Å². The molecule has 0 heterocycles. The molecule has 0 amide bonds. The molecule has 5 heteroatoms. The standard InChI is InChI=1S/C12H15NO4/c14-11(15)3-1-2-9-4-6-10(7-5-9)13-8-12(16)17/h4-7,13H,1-3,8H2,(H,14,15)(H,16,17). The Morgan fingerprint density at radius 2 is 1.71 bits per heavy atom. The van der Waals surface area contributed by atoms with Crippen LogP contribution in [0.3, 0.4) is 0 Å². The Bertz CT molecular complexity index is 386. The van der Waals surface area contributed by atoms with E-state index in [1.165, 1.54) is 0 Å². The molecule has 5 nitrogen and oxygen atoms in total. The first-order chi connectivity index (χ1) is 8.08. The van der Waals surface area contributed by atoms with E-state index >= 15 is 0 Å². The zero-order chi connectivity index (χ0) is 12.7. The van der Waals surface area contributed by atoms with E-state index < -0.39 is 11.9 Å². The zero-order valence-corrected chi connectivity index (χ0v) is 9.35. The SMILES string of the molecule is O=C(O)CCCc1ccc(NCC(=O)O)cc1. The van der Waals surface area contributed by atoms with E-state index in [1.807, 2.05) is 12.1 Å². The third-order valence-corrected chi connectivity index (χ3v) is 2.25. The molecule has 0 spiro atoms. The van der Waals surface area contributed by atoms with Gasteiger partial charge in [0.25, 0.3) is 0 Å². The number of anilines is 1.